The van der Waals surface area contributed by atoms with Gasteiger partial charge in [0.1, 0.15) is 11.8 Å². The van der Waals surface area contributed by atoms with Crippen molar-refractivity contribution in [3.63, 3.8) is 0 Å². The number of nitro groups is 1. The summed E-state index contributed by atoms with van der Waals surface area (Å²) in [5, 5.41) is 22.3. The maximum atomic E-state index is 10.5. The largest absolute Gasteiger partial charge is 0.449 e. The van der Waals surface area contributed by atoms with Crippen LogP contribution in [0.3, 0.4) is 0 Å². The van der Waals surface area contributed by atoms with Gasteiger partial charge in [-0.2, -0.15) is 5.26 Å². The molecule has 0 spiro atoms. The Hall–Kier alpha value is -2.65. The molecule has 0 saturated heterocycles. The van der Waals surface area contributed by atoms with Gasteiger partial charge in [0.05, 0.1) is 11.5 Å². The molecule has 0 aliphatic rings. The molecule has 0 fully saturated rings. The van der Waals surface area contributed by atoms with Crippen molar-refractivity contribution in [3.8, 4) is 6.07 Å². The minimum Gasteiger partial charge on any atom is -0.449 e. The Morgan fingerprint density at radius 3 is 2.60 bits per heavy atom. The second-order valence-electron chi connectivity index (χ2n) is 4.23. The molecule has 1 aromatic carbocycles. The van der Waals surface area contributed by atoms with E-state index in [1.54, 1.807) is 24.3 Å². The van der Waals surface area contributed by atoms with E-state index >= 15 is 0 Å². The standard InChI is InChI=1S/C14H13N3O3/c15-9-13-5-6-14(20-13)10-16-8-7-11-1-3-12(4-2-11)17(18)19/h1-6,16H,7-8,10H2. The molecule has 1 heterocycles. The van der Waals surface area contributed by atoms with Crippen LogP contribution in [0.2, 0.25) is 0 Å². The average molecular weight is 271 g/mol. The molecule has 20 heavy (non-hydrogen) atoms. The zero-order valence-corrected chi connectivity index (χ0v) is 10.7. The van der Waals surface area contributed by atoms with E-state index in [4.69, 9.17) is 9.68 Å². The Kier molecular flexibility index (Phi) is 4.47. The molecule has 0 saturated carbocycles. The van der Waals surface area contributed by atoms with E-state index in [9.17, 15) is 10.1 Å². The molecule has 6 nitrogen and oxygen atoms in total. The SMILES string of the molecule is N#Cc1ccc(CNCCc2ccc([N+](=O)[O-])cc2)o1. The number of benzene rings is 1. The van der Waals surface area contributed by atoms with Gasteiger partial charge in [-0.3, -0.25) is 10.1 Å². The van der Waals surface area contributed by atoms with Crippen LogP contribution < -0.4 is 5.32 Å². The lowest BCUT2D eigenvalue weighted by molar-refractivity contribution is -0.384. The minimum atomic E-state index is -0.411. The molecular formula is C14H13N3O3. The molecule has 0 radical (unpaired) electrons. The van der Waals surface area contributed by atoms with Gasteiger partial charge in [-0.25, -0.2) is 0 Å². The molecule has 0 bridgehead atoms. The normalized spacial score (nSPS) is 10.2. The molecule has 2 aromatic rings. The Labute approximate surface area is 115 Å². The summed E-state index contributed by atoms with van der Waals surface area (Å²) in [5.74, 6) is 1.02. The fraction of sp³-hybridized carbons (Fsp3) is 0.214. The van der Waals surface area contributed by atoms with Crippen molar-refractivity contribution >= 4 is 5.69 Å². The predicted octanol–water partition coefficient (Wildman–Crippen LogP) is 2.39. The smallest absolute Gasteiger partial charge is 0.269 e. The molecule has 1 N–H and O–H groups in total. The van der Waals surface area contributed by atoms with Crippen molar-refractivity contribution in [2.45, 2.75) is 13.0 Å². The fourth-order valence-electron chi connectivity index (χ4n) is 1.76. The maximum absolute atomic E-state index is 10.5. The minimum absolute atomic E-state index is 0.0985. The highest BCUT2D eigenvalue weighted by Gasteiger charge is 2.04. The van der Waals surface area contributed by atoms with Gasteiger partial charge in [-0.1, -0.05) is 12.1 Å². The fourth-order valence-corrected chi connectivity index (χ4v) is 1.76. The van der Waals surface area contributed by atoms with Gasteiger partial charge in [-0.05, 0) is 30.7 Å². The molecule has 2 rings (SSSR count). The van der Waals surface area contributed by atoms with E-state index in [0.717, 1.165) is 18.5 Å². The van der Waals surface area contributed by atoms with Crippen molar-refractivity contribution < 1.29 is 9.34 Å². The van der Waals surface area contributed by atoms with Crippen LogP contribution in [0.1, 0.15) is 17.1 Å². The Morgan fingerprint density at radius 1 is 1.25 bits per heavy atom. The number of hydrogen-bond donors (Lipinski definition) is 1. The first-order valence-corrected chi connectivity index (χ1v) is 6.12. The van der Waals surface area contributed by atoms with Crippen molar-refractivity contribution in [1.29, 1.82) is 5.26 Å². The van der Waals surface area contributed by atoms with Crippen LogP contribution in [0.5, 0.6) is 0 Å². The molecule has 102 valence electrons. The topological polar surface area (TPSA) is 92.1 Å². The van der Waals surface area contributed by atoms with E-state index < -0.39 is 4.92 Å². The third kappa shape index (κ3) is 3.67. The van der Waals surface area contributed by atoms with Crippen molar-refractivity contribution in [1.82, 2.24) is 5.32 Å². The van der Waals surface area contributed by atoms with Gasteiger partial charge in [0.25, 0.3) is 5.69 Å². The average Bonchev–Trinajstić information content (AvgIpc) is 2.92. The predicted molar refractivity (Wildman–Crippen MR) is 71.9 cm³/mol. The second kappa shape index (κ2) is 6.50. The first-order chi connectivity index (χ1) is 9.69. The Balaban J connectivity index is 1.75. The molecule has 0 amide bonds. The summed E-state index contributed by atoms with van der Waals surface area (Å²) in [6.45, 7) is 1.27. The van der Waals surface area contributed by atoms with Crippen molar-refractivity contribution in [3.05, 3.63) is 63.6 Å². The van der Waals surface area contributed by atoms with E-state index in [2.05, 4.69) is 5.32 Å². The lowest BCUT2D eigenvalue weighted by Gasteiger charge is -2.03. The lowest BCUT2D eigenvalue weighted by Crippen LogP contribution is -2.16. The number of rotatable bonds is 6. The van der Waals surface area contributed by atoms with Gasteiger partial charge < -0.3 is 9.73 Å². The first kappa shape index (κ1) is 13.8. The third-order valence-corrected chi connectivity index (χ3v) is 2.81. The van der Waals surface area contributed by atoms with Gasteiger partial charge in [0.2, 0.25) is 5.76 Å². The molecule has 0 aliphatic heterocycles. The van der Waals surface area contributed by atoms with Crippen LogP contribution in [0.25, 0.3) is 0 Å². The molecule has 0 aliphatic carbocycles. The molecule has 6 heteroatoms. The van der Waals surface area contributed by atoms with Crippen LogP contribution in [0, 0.1) is 21.4 Å². The highest BCUT2D eigenvalue weighted by Crippen LogP contribution is 2.12. The maximum Gasteiger partial charge on any atom is 0.269 e. The quantitative estimate of drug-likeness (QED) is 0.494. The highest BCUT2D eigenvalue weighted by molar-refractivity contribution is 5.32. The number of nitro benzene ring substituents is 1. The number of furan rings is 1. The van der Waals surface area contributed by atoms with Gasteiger partial charge in [0.15, 0.2) is 0 Å². The lowest BCUT2D eigenvalue weighted by atomic mass is 10.1. The summed E-state index contributed by atoms with van der Waals surface area (Å²) in [6.07, 6.45) is 0.768. The second-order valence-corrected chi connectivity index (χ2v) is 4.23. The number of nitrogens with one attached hydrogen (secondary N) is 1. The van der Waals surface area contributed by atoms with Crippen LogP contribution in [0.15, 0.2) is 40.8 Å². The van der Waals surface area contributed by atoms with Crippen LogP contribution in [-0.4, -0.2) is 11.5 Å². The number of nitriles is 1. The highest BCUT2D eigenvalue weighted by atomic mass is 16.6. The van der Waals surface area contributed by atoms with Crippen LogP contribution in [0.4, 0.5) is 5.69 Å². The number of non-ortho nitro benzene ring substituents is 1. The van der Waals surface area contributed by atoms with E-state index in [1.807, 2.05) is 6.07 Å². The monoisotopic (exact) mass is 271 g/mol. The zero-order valence-electron chi connectivity index (χ0n) is 10.7. The third-order valence-electron chi connectivity index (χ3n) is 2.81. The first-order valence-electron chi connectivity index (χ1n) is 6.12. The van der Waals surface area contributed by atoms with Gasteiger partial charge in [0, 0.05) is 12.1 Å². The van der Waals surface area contributed by atoms with Gasteiger partial charge >= 0.3 is 0 Å². The van der Waals surface area contributed by atoms with Crippen LogP contribution >= 0.6 is 0 Å². The Bertz CT molecular complexity index is 626. The van der Waals surface area contributed by atoms with E-state index in [-0.39, 0.29) is 5.69 Å². The summed E-state index contributed by atoms with van der Waals surface area (Å²) in [6, 6.07) is 11.8. The van der Waals surface area contributed by atoms with Crippen molar-refractivity contribution in [2.24, 2.45) is 0 Å². The molecular weight excluding hydrogens is 258 g/mol. The summed E-state index contributed by atoms with van der Waals surface area (Å²) in [4.78, 5) is 10.1. The van der Waals surface area contributed by atoms with E-state index in [1.165, 1.54) is 12.1 Å². The number of nitrogens with zero attached hydrogens (tertiary/aromatic N) is 2. The summed E-state index contributed by atoms with van der Waals surface area (Å²) < 4.78 is 5.23. The zero-order chi connectivity index (χ0) is 14.4. The summed E-state index contributed by atoms with van der Waals surface area (Å²) in [7, 11) is 0. The molecule has 0 unspecified atom stereocenters. The number of hydrogen-bond acceptors (Lipinski definition) is 5. The Morgan fingerprint density at radius 2 is 2.00 bits per heavy atom. The summed E-state index contributed by atoms with van der Waals surface area (Å²) >= 11 is 0. The van der Waals surface area contributed by atoms with Crippen LogP contribution in [-0.2, 0) is 13.0 Å². The van der Waals surface area contributed by atoms with E-state index in [0.29, 0.717) is 18.1 Å². The molecule has 0 atom stereocenters. The van der Waals surface area contributed by atoms with Crippen molar-refractivity contribution in [2.75, 3.05) is 6.54 Å². The molecule has 1 aromatic heterocycles. The van der Waals surface area contributed by atoms with Gasteiger partial charge in [-0.15, -0.1) is 0 Å². The summed E-state index contributed by atoms with van der Waals surface area (Å²) in [5.41, 5.74) is 1.13.